The van der Waals surface area contributed by atoms with E-state index in [-0.39, 0.29) is 11.8 Å². The molecule has 0 fully saturated rings. The molecule has 2 atom stereocenters. The summed E-state index contributed by atoms with van der Waals surface area (Å²) in [7, 11) is -1.07. The number of pyridine rings is 1. The quantitative estimate of drug-likeness (QED) is 0.407. The first-order valence-corrected chi connectivity index (χ1v) is 13.1. The zero-order chi connectivity index (χ0) is 24.0. The molecule has 3 heterocycles. The molecule has 0 radical (unpaired) electrons. The summed E-state index contributed by atoms with van der Waals surface area (Å²) >= 11 is 7.44. The Labute approximate surface area is 201 Å². The van der Waals surface area contributed by atoms with Crippen molar-refractivity contribution in [2.45, 2.75) is 24.8 Å². The average molecular weight is 514 g/mol. The number of sulfonamides is 1. The SMILES string of the molecule is COc1cccc(-c2nnc(NS(=O)(=O)[C@@H](C)[C@H](OC)c3ncc(Cl)cn3)n2CCSC)n1. The number of aromatic nitrogens is 6. The fourth-order valence-corrected chi connectivity index (χ4v) is 4.59. The molecule has 14 heteroatoms. The number of methoxy groups -OCH3 is 2. The van der Waals surface area contributed by atoms with Crippen molar-refractivity contribution in [1.29, 1.82) is 0 Å². The fourth-order valence-electron chi connectivity index (χ4n) is 2.97. The van der Waals surface area contributed by atoms with Gasteiger partial charge in [-0.05, 0) is 19.2 Å². The smallest absolute Gasteiger partial charge is 0.240 e. The van der Waals surface area contributed by atoms with Crippen LogP contribution in [0.2, 0.25) is 5.02 Å². The van der Waals surface area contributed by atoms with Gasteiger partial charge in [-0.25, -0.2) is 23.4 Å². The highest BCUT2D eigenvalue weighted by Crippen LogP contribution is 2.26. The first kappa shape index (κ1) is 25.1. The van der Waals surface area contributed by atoms with Crippen LogP contribution in [0.15, 0.2) is 30.6 Å². The molecule has 33 heavy (non-hydrogen) atoms. The monoisotopic (exact) mass is 513 g/mol. The predicted octanol–water partition coefficient (Wildman–Crippen LogP) is 2.67. The van der Waals surface area contributed by atoms with Gasteiger partial charge in [-0.3, -0.25) is 9.29 Å². The Morgan fingerprint density at radius 1 is 1.21 bits per heavy atom. The minimum atomic E-state index is -3.98. The first-order valence-electron chi connectivity index (χ1n) is 9.76. The van der Waals surface area contributed by atoms with Gasteiger partial charge in [0.15, 0.2) is 11.6 Å². The van der Waals surface area contributed by atoms with Crippen LogP contribution in [-0.4, -0.2) is 69.6 Å². The molecule has 0 spiro atoms. The van der Waals surface area contributed by atoms with Crippen molar-refractivity contribution in [3.8, 4) is 17.4 Å². The minimum Gasteiger partial charge on any atom is -0.481 e. The number of nitrogens with zero attached hydrogens (tertiary/aromatic N) is 6. The van der Waals surface area contributed by atoms with Gasteiger partial charge < -0.3 is 9.47 Å². The lowest BCUT2D eigenvalue weighted by Gasteiger charge is -2.22. The summed E-state index contributed by atoms with van der Waals surface area (Å²) in [6, 6.07) is 5.24. The average Bonchev–Trinajstić information content (AvgIpc) is 3.20. The second-order valence-corrected chi connectivity index (χ2v) is 10.3. The summed E-state index contributed by atoms with van der Waals surface area (Å²) in [5.41, 5.74) is 0.505. The highest BCUT2D eigenvalue weighted by Gasteiger charge is 2.34. The molecule has 3 aromatic heterocycles. The summed E-state index contributed by atoms with van der Waals surface area (Å²) in [5, 5.41) is 7.55. The number of anilines is 1. The molecule has 3 rings (SSSR count). The number of hydrogen-bond acceptors (Lipinski definition) is 10. The molecule has 0 saturated carbocycles. The maximum absolute atomic E-state index is 13.2. The predicted molar refractivity (Wildman–Crippen MR) is 127 cm³/mol. The van der Waals surface area contributed by atoms with Crippen molar-refractivity contribution in [3.05, 3.63) is 41.4 Å². The number of halogens is 1. The van der Waals surface area contributed by atoms with Gasteiger partial charge in [0.05, 0.1) is 12.1 Å². The van der Waals surface area contributed by atoms with Crippen LogP contribution in [0.1, 0.15) is 18.9 Å². The fraction of sp³-hybridized carbons (Fsp3) is 0.421. The van der Waals surface area contributed by atoms with Gasteiger partial charge in [0, 0.05) is 37.9 Å². The third kappa shape index (κ3) is 5.91. The van der Waals surface area contributed by atoms with Crippen LogP contribution in [-0.2, 0) is 21.3 Å². The van der Waals surface area contributed by atoms with Gasteiger partial charge in [0.25, 0.3) is 0 Å². The van der Waals surface area contributed by atoms with E-state index >= 15 is 0 Å². The van der Waals surface area contributed by atoms with E-state index in [1.165, 1.54) is 33.5 Å². The van der Waals surface area contributed by atoms with E-state index in [2.05, 4.69) is 29.9 Å². The van der Waals surface area contributed by atoms with E-state index in [4.69, 9.17) is 21.1 Å². The van der Waals surface area contributed by atoms with Gasteiger partial charge in [-0.15, -0.1) is 10.2 Å². The van der Waals surface area contributed by atoms with E-state index < -0.39 is 21.4 Å². The minimum absolute atomic E-state index is 0.0717. The number of nitrogens with one attached hydrogen (secondary N) is 1. The summed E-state index contributed by atoms with van der Waals surface area (Å²) in [6.07, 6.45) is 3.79. The molecule has 0 aliphatic heterocycles. The molecule has 0 bridgehead atoms. The number of thioether (sulfide) groups is 1. The molecule has 0 saturated heterocycles. The van der Waals surface area contributed by atoms with Gasteiger partial charge in [-0.1, -0.05) is 17.7 Å². The molecule has 0 aliphatic carbocycles. The molecule has 3 aromatic rings. The number of ether oxygens (including phenoxy) is 2. The number of hydrogen-bond donors (Lipinski definition) is 1. The Morgan fingerprint density at radius 3 is 2.58 bits per heavy atom. The Bertz CT molecular complexity index is 1180. The van der Waals surface area contributed by atoms with Crippen molar-refractivity contribution < 1.29 is 17.9 Å². The van der Waals surface area contributed by atoms with Crippen LogP contribution in [0, 0.1) is 0 Å². The molecule has 178 valence electrons. The largest absolute Gasteiger partial charge is 0.481 e. The van der Waals surface area contributed by atoms with E-state index in [0.29, 0.717) is 34.7 Å². The second-order valence-electron chi connectivity index (χ2n) is 6.82. The van der Waals surface area contributed by atoms with Crippen LogP contribution in [0.5, 0.6) is 5.88 Å². The first-order chi connectivity index (χ1) is 15.8. The maximum Gasteiger partial charge on any atom is 0.240 e. The van der Waals surface area contributed by atoms with Crippen LogP contribution in [0.25, 0.3) is 11.5 Å². The molecular weight excluding hydrogens is 490 g/mol. The third-order valence-electron chi connectivity index (χ3n) is 4.73. The Kier molecular flexibility index (Phi) is 8.46. The van der Waals surface area contributed by atoms with E-state index in [1.807, 2.05) is 6.26 Å². The van der Waals surface area contributed by atoms with Crippen molar-refractivity contribution >= 4 is 39.3 Å². The summed E-state index contributed by atoms with van der Waals surface area (Å²) in [5.74, 6) is 1.80. The molecule has 0 aliphatic rings. The summed E-state index contributed by atoms with van der Waals surface area (Å²) in [6.45, 7) is 1.96. The third-order valence-corrected chi connectivity index (χ3v) is 7.21. The van der Waals surface area contributed by atoms with E-state index in [1.54, 1.807) is 34.5 Å². The second kappa shape index (κ2) is 11.1. The normalized spacial score (nSPS) is 13.5. The molecular formula is C19H24ClN7O4S2. The Hall–Kier alpha value is -2.48. The summed E-state index contributed by atoms with van der Waals surface area (Å²) in [4.78, 5) is 12.6. The topological polar surface area (TPSA) is 134 Å². The van der Waals surface area contributed by atoms with Crippen molar-refractivity contribution in [3.63, 3.8) is 0 Å². The highest BCUT2D eigenvalue weighted by atomic mass is 35.5. The molecule has 0 unspecified atom stereocenters. The van der Waals surface area contributed by atoms with Crippen molar-refractivity contribution in [2.24, 2.45) is 0 Å². The van der Waals surface area contributed by atoms with Gasteiger partial charge >= 0.3 is 0 Å². The van der Waals surface area contributed by atoms with Crippen LogP contribution in [0.4, 0.5) is 5.95 Å². The van der Waals surface area contributed by atoms with Gasteiger partial charge in [0.1, 0.15) is 17.0 Å². The lowest BCUT2D eigenvalue weighted by molar-refractivity contribution is 0.0950. The molecule has 11 nitrogen and oxygen atoms in total. The lowest BCUT2D eigenvalue weighted by atomic mass is 10.2. The zero-order valence-corrected chi connectivity index (χ0v) is 20.9. The van der Waals surface area contributed by atoms with Crippen LogP contribution >= 0.6 is 23.4 Å². The number of rotatable bonds is 11. The zero-order valence-electron chi connectivity index (χ0n) is 18.5. The lowest BCUT2D eigenvalue weighted by Crippen LogP contribution is -2.33. The van der Waals surface area contributed by atoms with Gasteiger partial charge in [-0.2, -0.15) is 11.8 Å². The molecule has 0 amide bonds. The van der Waals surface area contributed by atoms with E-state index in [9.17, 15) is 8.42 Å². The van der Waals surface area contributed by atoms with Crippen molar-refractivity contribution in [1.82, 2.24) is 29.7 Å². The summed E-state index contributed by atoms with van der Waals surface area (Å²) < 4.78 is 41.2. The highest BCUT2D eigenvalue weighted by molar-refractivity contribution is 7.98. The molecule has 0 aromatic carbocycles. The Balaban J connectivity index is 1.93. The molecule has 1 N–H and O–H groups in total. The van der Waals surface area contributed by atoms with Crippen LogP contribution in [0.3, 0.4) is 0 Å². The van der Waals surface area contributed by atoms with Crippen molar-refractivity contribution in [2.75, 3.05) is 31.0 Å². The van der Waals surface area contributed by atoms with Gasteiger partial charge in [0.2, 0.25) is 21.9 Å². The maximum atomic E-state index is 13.2. The van der Waals surface area contributed by atoms with Crippen LogP contribution < -0.4 is 9.46 Å². The standard InChI is InChI=1S/C19H24ClN7O4S2/c1-12(16(31-3)17-21-10-13(20)11-22-17)33(28,29)26-19-25-24-18(27(19)8-9-32-4)14-6-5-7-15(23-14)30-2/h5-7,10-12,16H,8-9H2,1-4H3,(H,25,26)/t12-,16-/m0/s1. The Morgan fingerprint density at radius 2 is 1.94 bits per heavy atom. The van der Waals surface area contributed by atoms with E-state index in [0.717, 1.165) is 0 Å².